The molecule has 0 saturated carbocycles. The van der Waals surface area contributed by atoms with Crippen LogP contribution in [0.1, 0.15) is 27.7 Å². The standard InChI is InChI=1S/C17H26N4O4/c1-5-19-8-10-20(11-9-19)13-6-7-14(15(12-13)21(23)24)18-16(22)25-17(2,3)4/h6-7,12H,5,8-11H2,1-4H3,(H,18,22). The average Bonchev–Trinajstić information content (AvgIpc) is 2.53. The number of rotatable bonds is 4. The summed E-state index contributed by atoms with van der Waals surface area (Å²) in [6.07, 6.45) is -0.708. The Kier molecular flexibility index (Phi) is 5.84. The largest absolute Gasteiger partial charge is 0.444 e. The summed E-state index contributed by atoms with van der Waals surface area (Å²) in [6, 6.07) is 4.86. The fourth-order valence-electron chi connectivity index (χ4n) is 2.71. The van der Waals surface area contributed by atoms with Gasteiger partial charge < -0.3 is 14.5 Å². The fourth-order valence-corrected chi connectivity index (χ4v) is 2.71. The molecule has 0 spiro atoms. The molecule has 0 atom stereocenters. The van der Waals surface area contributed by atoms with Crippen LogP contribution < -0.4 is 10.2 Å². The van der Waals surface area contributed by atoms with Crippen molar-refractivity contribution in [1.82, 2.24) is 4.90 Å². The molecule has 1 amide bonds. The van der Waals surface area contributed by atoms with E-state index in [1.807, 2.05) is 0 Å². The van der Waals surface area contributed by atoms with E-state index in [2.05, 4.69) is 22.0 Å². The van der Waals surface area contributed by atoms with Gasteiger partial charge in [0.05, 0.1) is 4.92 Å². The quantitative estimate of drug-likeness (QED) is 0.663. The van der Waals surface area contributed by atoms with E-state index in [4.69, 9.17) is 4.74 Å². The highest BCUT2D eigenvalue weighted by Gasteiger charge is 2.23. The molecule has 1 heterocycles. The molecule has 2 rings (SSSR count). The number of carbonyl (C=O) groups excluding carboxylic acids is 1. The third-order valence-electron chi connectivity index (χ3n) is 4.00. The second-order valence-electron chi connectivity index (χ2n) is 7.01. The van der Waals surface area contributed by atoms with Crippen molar-refractivity contribution in [3.05, 3.63) is 28.3 Å². The van der Waals surface area contributed by atoms with Crippen LogP contribution in [0.25, 0.3) is 0 Å². The molecule has 25 heavy (non-hydrogen) atoms. The van der Waals surface area contributed by atoms with E-state index in [9.17, 15) is 14.9 Å². The topological polar surface area (TPSA) is 88.0 Å². The molecular formula is C17H26N4O4. The van der Waals surface area contributed by atoms with E-state index in [0.29, 0.717) is 0 Å². The Morgan fingerprint density at radius 3 is 2.44 bits per heavy atom. The molecule has 1 aromatic carbocycles. The summed E-state index contributed by atoms with van der Waals surface area (Å²) in [5.41, 5.74) is 0.117. The number of hydrogen-bond acceptors (Lipinski definition) is 6. The number of anilines is 2. The van der Waals surface area contributed by atoms with Crippen LogP contribution in [0.15, 0.2) is 18.2 Å². The molecule has 0 aliphatic carbocycles. The van der Waals surface area contributed by atoms with Gasteiger partial charge in [-0.2, -0.15) is 0 Å². The first-order valence-electron chi connectivity index (χ1n) is 8.45. The van der Waals surface area contributed by atoms with Crippen molar-refractivity contribution < 1.29 is 14.5 Å². The Labute approximate surface area is 147 Å². The average molecular weight is 350 g/mol. The van der Waals surface area contributed by atoms with Crippen LogP contribution in [-0.4, -0.2) is 54.2 Å². The monoisotopic (exact) mass is 350 g/mol. The van der Waals surface area contributed by atoms with E-state index in [1.165, 1.54) is 6.07 Å². The zero-order chi connectivity index (χ0) is 18.6. The van der Waals surface area contributed by atoms with Crippen molar-refractivity contribution in [2.24, 2.45) is 0 Å². The number of piperazine rings is 1. The molecule has 1 aromatic rings. The van der Waals surface area contributed by atoms with Crippen LogP contribution in [0.3, 0.4) is 0 Å². The number of amides is 1. The third kappa shape index (κ3) is 5.32. The van der Waals surface area contributed by atoms with Crippen molar-refractivity contribution in [2.45, 2.75) is 33.3 Å². The molecule has 0 aromatic heterocycles. The minimum absolute atomic E-state index is 0.134. The molecule has 1 fully saturated rings. The summed E-state index contributed by atoms with van der Waals surface area (Å²) in [6.45, 7) is 11.8. The number of likely N-dealkylation sites (N-methyl/N-ethyl adjacent to an activating group) is 1. The van der Waals surface area contributed by atoms with Gasteiger partial charge in [-0.05, 0) is 39.4 Å². The van der Waals surface area contributed by atoms with Crippen LogP contribution >= 0.6 is 0 Å². The lowest BCUT2D eigenvalue weighted by Crippen LogP contribution is -2.46. The molecule has 138 valence electrons. The molecule has 0 unspecified atom stereocenters. The molecule has 1 aliphatic rings. The maximum Gasteiger partial charge on any atom is 0.412 e. The number of ether oxygens (including phenoxy) is 1. The molecule has 1 N–H and O–H groups in total. The van der Waals surface area contributed by atoms with Crippen LogP contribution in [0.4, 0.5) is 21.9 Å². The molecular weight excluding hydrogens is 324 g/mol. The van der Waals surface area contributed by atoms with E-state index < -0.39 is 16.6 Å². The predicted octanol–water partition coefficient (Wildman–Crippen LogP) is 3.08. The van der Waals surface area contributed by atoms with Gasteiger partial charge >= 0.3 is 6.09 Å². The van der Waals surface area contributed by atoms with Crippen LogP contribution in [-0.2, 0) is 4.74 Å². The van der Waals surface area contributed by atoms with Crippen LogP contribution in [0.2, 0.25) is 0 Å². The van der Waals surface area contributed by atoms with Crippen LogP contribution in [0, 0.1) is 10.1 Å². The van der Waals surface area contributed by atoms with Crippen molar-refractivity contribution >= 4 is 23.2 Å². The summed E-state index contributed by atoms with van der Waals surface area (Å²) >= 11 is 0. The van der Waals surface area contributed by atoms with Crippen molar-refractivity contribution in [3.63, 3.8) is 0 Å². The van der Waals surface area contributed by atoms with Crippen molar-refractivity contribution in [2.75, 3.05) is 42.9 Å². The maximum absolute atomic E-state index is 11.9. The molecule has 1 aliphatic heterocycles. The minimum atomic E-state index is -0.708. The van der Waals surface area contributed by atoms with Gasteiger partial charge in [0.25, 0.3) is 5.69 Å². The SMILES string of the molecule is CCN1CCN(c2ccc(NC(=O)OC(C)(C)C)c([N+](=O)[O-])c2)CC1. The summed E-state index contributed by atoms with van der Waals surface area (Å²) < 4.78 is 5.16. The Balaban J connectivity index is 2.15. The van der Waals surface area contributed by atoms with Gasteiger partial charge in [0.1, 0.15) is 11.3 Å². The number of nitrogens with zero attached hydrogens (tertiary/aromatic N) is 3. The normalized spacial score (nSPS) is 15.8. The molecule has 0 radical (unpaired) electrons. The Hall–Kier alpha value is -2.35. The number of nitro benzene ring substituents is 1. The highest BCUT2D eigenvalue weighted by Crippen LogP contribution is 2.30. The van der Waals surface area contributed by atoms with Gasteiger partial charge in [-0.25, -0.2) is 4.79 Å². The lowest BCUT2D eigenvalue weighted by atomic mass is 10.2. The maximum atomic E-state index is 11.9. The first-order valence-corrected chi connectivity index (χ1v) is 8.45. The Bertz CT molecular complexity index is 634. The smallest absolute Gasteiger partial charge is 0.412 e. The molecule has 1 saturated heterocycles. The summed E-state index contributed by atoms with van der Waals surface area (Å²) in [7, 11) is 0. The van der Waals surface area contributed by atoms with Crippen molar-refractivity contribution in [3.8, 4) is 0 Å². The summed E-state index contributed by atoms with van der Waals surface area (Å²) in [5.74, 6) is 0. The zero-order valence-corrected chi connectivity index (χ0v) is 15.2. The summed E-state index contributed by atoms with van der Waals surface area (Å²) in [4.78, 5) is 27.3. The second-order valence-corrected chi connectivity index (χ2v) is 7.01. The van der Waals surface area contributed by atoms with Gasteiger partial charge in [0.2, 0.25) is 0 Å². The van der Waals surface area contributed by atoms with Crippen molar-refractivity contribution in [1.29, 1.82) is 0 Å². The van der Waals surface area contributed by atoms with E-state index in [0.717, 1.165) is 38.4 Å². The van der Waals surface area contributed by atoms with Gasteiger partial charge in [0, 0.05) is 37.9 Å². The zero-order valence-electron chi connectivity index (χ0n) is 15.2. The fraction of sp³-hybridized carbons (Fsp3) is 0.588. The number of benzene rings is 1. The minimum Gasteiger partial charge on any atom is -0.444 e. The Morgan fingerprint density at radius 1 is 1.28 bits per heavy atom. The Morgan fingerprint density at radius 2 is 1.92 bits per heavy atom. The molecule has 0 bridgehead atoms. The number of carbonyl (C=O) groups is 1. The predicted molar refractivity (Wildman–Crippen MR) is 97.3 cm³/mol. The van der Waals surface area contributed by atoms with Gasteiger partial charge in [-0.15, -0.1) is 0 Å². The second kappa shape index (κ2) is 7.69. The first-order chi connectivity index (χ1) is 11.7. The van der Waals surface area contributed by atoms with E-state index >= 15 is 0 Å². The lowest BCUT2D eigenvalue weighted by Gasteiger charge is -2.35. The van der Waals surface area contributed by atoms with Gasteiger partial charge in [0.15, 0.2) is 0 Å². The molecule has 8 heteroatoms. The highest BCUT2D eigenvalue weighted by molar-refractivity contribution is 5.88. The lowest BCUT2D eigenvalue weighted by molar-refractivity contribution is -0.383. The van der Waals surface area contributed by atoms with Gasteiger partial charge in [-0.1, -0.05) is 6.92 Å². The number of nitro groups is 1. The third-order valence-corrected chi connectivity index (χ3v) is 4.00. The van der Waals surface area contributed by atoms with E-state index in [1.54, 1.807) is 32.9 Å². The van der Waals surface area contributed by atoms with Crippen LogP contribution in [0.5, 0.6) is 0 Å². The highest BCUT2D eigenvalue weighted by atomic mass is 16.6. The summed E-state index contributed by atoms with van der Waals surface area (Å²) in [5, 5.41) is 13.9. The first kappa shape index (κ1) is 19.0. The van der Waals surface area contributed by atoms with E-state index in [-0.39, 0.29) is 11.4 Å². The number of nitrogens with one attached hydrogen (secondary N) is 1. The number of hydrogen-bond donors (Lipinski definition) is 1. The van der Waals surface area contributed by atoms with Gasteiger partial charge in [-0.3, -0.25) is 15.4 Å². The molecule has 8 nitrogen and oxygen atoms in total.